The van der Waals surface area contributed by atoms with Crippen LogP contribution in [0.3, 0.4) is 0 Å². The van der Waals surface area contributed by atoms with Gasteiger partial charge in [0.05, 0.1) is 13.0 Å². The largest absolute Gasteiger partial charge is 0.469 e. The van der Waals surface area contributed by atoms with Crippen molar-refractivity contribution < 1.29 is 9.53 Å². The zero-order valence-corrected chi connectivity index (χ0v) is 11.0. The Hall–Kier alpha value is -0.570. The van der Waals surface area contributed by atoms with Gasteiger partial charge < -0.3 is 10.1 Å². The monoisotopic (exact) mass is 227 g/mol. The first-order chi connectivity index (χ1) is 7.44. The molecule has 1 rings (SSSR count). The minimum Gasteiger partial charge on any atom is -0.469 e. The maximum Gasteiger partial charge on any atom is 0.309 e. The smallest absolute Gasteiger partial charge is 0.309 e. The van der Waals surface area contributed by atoms with Gasteiger partial charge in [-0.05, 0) is 24.7 Å². The van der Waals surface area contributed by atoms with Crippen molar-refractivity contribution in [2.45, 2.75) is 52.5 Å². The molecule has 0 radical (unpaired) electrons. The average Bonchev–Trinajstić information content (AvgIpc) is 2.23. The van der Waals surface area contributed by atoms with Crippen molar-refractivity contribution in [3.8, 4) is 0 Å². The topological polar surface area (TPSA) is 38.3 Å². The molecule has 2 atom stereocenters. The van der Waals surface area contributed by atoms with Crippen molar-refractivity contribution in [3.63, 3.8) is 0 Å². The molecule has 3 nitrogen and oxygen atoms in total. The molecule has 1 aliphatic rings. The minimum atomic E-state index is -0.123. The highest BCUT2D eigenvalue weighted by Crippen LogP contribution is 2.35. The first-order valence-corrected chi connectivity index (χ1v) is 6.26. The highest BCUT2D eigenvalue weighted by Gasteiger charge is 2.28. The molecule has 1 fully saturated rings. The molecule has 1 aliphatic carbocycles. The molecule has 0 bridgehead atoms. The van der Waals surface area contributed by atoms with E-state index in [4.69, 9.17) is 4.74 Å². The molecular weight excluding hydrogens is 202 g/mol. The van der Waals surface area contributed by atoms with Gasteiger partial charge in [0, 0.05) is 12.6 Å². The van der Waals surface area contributed by atoms with Gasteiger partial charge in [-0.1, -0.05) is 27.2 Å². The van der Waals surface area contributed by atoms with E-state index in [1.165, 1.54) is 32.8 Å². The van der Waals surface area contributed by atoms with E-state index in [0.717, 1.165) is 6.54 Å². The Morgan fingerprint density at radius 1 is 1.56 bits per heavy atom. The summed E-state index contributed by atoms with van der Waals surface area (Å²) >= 11 is 0. The molecule has 0 amide bonds. The van der Waals surface area contributed by atoms with E-state index in [0.29, 0.717) is 11.5 Å². The van der Waals surface area contributed by atoms with Crippen LogP contribution in [0.1, 0.15) is 46.5 Å². The lowest BCUT2D eigenvalue weighted by molar-refractivity contribution is -0.144. The number of hydrogen-bond donors (Lipinski definition) is 1. The van der Waals surface area contributed by atoms with Crippen LogP contribution in [-0.2, 0) is 9.53 Å². The number of esters is 1. The van der Waals surface area contributed by atoms with E-state index in [-0.39, 0.29) is 11.9 Å². The Morgan fingerprint density at radius 2 is 2.25 bits per heavy atom. The fourth-order valence-electron chi connectivity index (χ4n) is 2.50. The molecule has 16 heavy (non-hydrogen) atoms. The van der Waals surface area contributed by atoms with Crippen LogP contribution >= 0.6 is 0 Å². The van der Waals surface area contributed by atoms with E-state index < -0.39 is 0 Å². The maximum atomic E-state index is 11.2. The third-order valence-electron chi connectivity index (χ3n) is 3.52. The predicted octanol–water partition coefficient (Wildman–Crippen LogP) is 2.35. The van der Waals surface area contributed by atoms with Gasteiger partial charge in [-0.25, -0.2) is 0 Å². The van der Waals surface area contributed by atoms with Gasteiger partial charge in [0.25, 0.3) is 0 Å². The van der Waals surface area contributed by atoms with E-state index in [9.17, 15) is 4.79 Å². The average molecular weight is 227 g/mol. The summed E-state index contributed by atoms with van der Waals surface area (Å²) in [6.07, 6.45) is 5.05. The normalized spacial score (nSPS) is 26.1. The number of carbonyl (C=O) groups is 1. The zero-order chi connectivity index (χ0) is 12.2. The van der Waals surface area contributed by atoms with E-state index in [1.807, 2.05) is 6.92 Å². The Morgan fingerprint density at radius 3 is 2.81 bits per heavy atom. The number of methoxy groups -OCH3 is 1. The van der Waals surface area contributed by atoms with Crippen LogP contribution in [0.4, 0.5) is 0 Å². The second kappa shape index (κ2) is 5.67. The summed E-state index contributed by atoms with van der Waals surface area (Å²) < 4.78 is 4.71. The van der Waals surface area contributed by atoms with Crippen molar-refractivity contribution in [3.05, 3.63) is 0 Å². The lowest BCUT2D eigenvalue weighted by atomic mass is 9.75. The lowest BCUT2D eigenvalue weighted by Crippen LogP contribution is -2.40. The van der Waals surface area contributed by atoms with Crippen molar-refractivity contribution in [1.82, 2.24) is 5.32 Å². The molecule has 0 spiro atoms. The van der Waals surface area contributed by atoms with Crippen molar-refractivity contribution in [2.24, 2.45) is 11.3 Å². The molecule has 3 heteroatoms. The van der Waals surface area contributed by atoms with Gasteiger partial charge >= 0.3 is 5.97 Å². The third kappa shape index (κ3) is 4.12. The predicted molar refractivity (Wildman–Crippen MR) is 65.2 cm³/mol. The SMILES string of the molecule is COC(=O)C(C)CNC1CCCC(C)(C)C1. The summed E-state index contributed by atoms with van der Waals surface area (Å²) in [7, 11) is 1.45. The summed E-state index contributed by atoms with van der Waals surface area (Å²) in [5, 5.41) is 3.49. The van der Waals surface area contributed by atoms with Crippen molar-refractivity contribution >= 4 is 5.97 Å². The standard InChI is InChI=1S/C13H25NO2/c1-10(12(15)16-4)9-14-11-6-5-7-13(2,3)8-11/h10-11,14H,5-9H2,1-4H3. The molecule has 1 saturated carbocycles. The highest BCUT2D eigenvalue weighted by molar-refractivity contribution is 5.72. The number of nitrogens with one attached hydrogen (secondary N) is 1. The molecular formula is C13H25NO2. The molecule has 0 saturated heterocycles. The van der Waals surface area contributed by atoms with Gasteiger partial charge in [-0.15, -0.1) is 0 Å². The van der Waals surface area contributed by atoms with Gasteiger partial charge in [0.1, 0.15) is 0 Å². The molecule has 1 N–H and O–H groups in total. The van der Waals surface area contributed by atoms with Crippen LogP contribution in [0.15, 0.2) is 0 Å². The van der Waals surface area contributed by atoms with Gasteiger partial charge in [0.15, 0.2) is 0 Å². The quantitative estimate of drug-likeness (QED) is 0.749. The summed E-state index contributed by atoms with van der Waals surface area (Å²) in [6.45, 7) is 7.29. The van der Waals surface area contributed by atoms with E-state index >= 15 is 0 Å². The third-order valence-corrected chi connectivity index (χ3v) is 3.52. The Bertz CT molecular complexity index is 238. The molecule has 0 aromatic carbocycles. The zero-order valence-electron chi connectivity index (χ0n) is 11.0. The fraction of sp³-hybridized carbons (Fsp3) is 0.923. The van der Waals surface area contributed by atoms with Crippen molar-refractivity contribution in [1.29, 1.82) is 0 Å². The molecule has 0 aromatic heterocycles. The molecule has 0 aliphatic heterocycles. The number of hydrogen-bond acceptors (Lipinski definition) is 3. The Balaban J connectivity index is 2.30. The fourth-order valence-corrected chi connectivity index (χ4v) is 2.50. The molecule has 0 aromatic rings. The van der Waals surface area contributed by atoms with Crippen LogP contribution in [0.5, 0.6) is 0 Å². The first-order valence-electron chi connectivity index (χ1n) is 6.26. The Labute approximate surface area is 98.9 Å². The summed E-state index contributed by atoms with van der Waals surface area (Å²) in [5.74, 6) is -0.169. The Kier molecular flexibility index (Phi) is 4.78. The van der Waals surface area contributed by atoms with E-state index in [2.05, 4.69) is 19.2 Å². The van der Waals surface area contributed by atoms with Gasteiger partial charge in [-0.3, -0.25) is 4.79 Å². The van der Waals surface area contributed by atoms with Gasteiger partial charge in [0.2, 0.25) is 0 Å². The van der Waals surface area contributed by atoms with Crippen LogP contribution in [0.25, 0.3) is 0 Å². The van der Waals surface area contributed by atoms with Crippen LogP contribution in [-0.4, -0.2) is 25.7 Å². The van der Waals surface area contributed by atoms with Crippen molar-refractivity contribution in [2.75, 3.05) is 13.7 Å². The number of ether oxygens (including phenoxy) is 1. The first kappa shape index (κ1) is 13.5. The van der Waals surface area contributed by atoms with E-state index in [1.54, 1.807) is 0 Å². The van der Waals surface area contributed by atoms with Crippen LogP contribution in [0, 0.1) is 11.3 Å². The molecule has 2 unspecified atom stereocenters. The second-order valence-corrected chi connectivity index (χ2v) is 5.79. The molecule has 0 heterocycles. The second-order valence-electron chi connectivity index (χ2n) is 5.79. The summed E-state index contributed by atoms with van der Waals surface area (Å²) in [5.41, 5.74) is 0.449. The minimum absolute atomic E-state index is 0.0463. The number of rotatable bonds is 4. The highest BCUT2D eigenvalue weighted by atomic mass is 16.5. The van der Waals surface area contributed by atoms with Crippen LogP contribution < -0.4 is 5.32 Å². The number of carbonyl (C=O) groups excluding carboxylic acids is 1. The lowest BCUT2D eigenvalue weighted by Gasteiger charge is -2.36. The van der Waals surface area contributed by atoms with Crippen LogP contribution in [0.2, 0.25) is 0 Å². The molecule has 94 valence electrons. The summed E-state index contributed by atoms with van der Waals surface area (Å²) in [4.78, 5) is 11.2. The maximum absolute atomic E-state index is 11.2. The van der Waals surface area contributed by atoms with Gasteiger partial charge in [-0.2, -0.15) is 0 Å². The summed E-state index contributed by atoms with van der Waals surface area (Å²) in [6, 6.07) is 0.566.